The first-order valence-corrected chi connectivity index (χ1v) is 7.19. The van der Waals surface area contributed by atoms with Crippen LogP contribution in [0.25, 0.3) is 11.3 Å². The zero-order valence-electron chi connectivity index (χ0n) is 11.4. The fraction of sp³-hybridized carbons (Fsp3) is 0.400. The van der Waals surface area contributed by atoms with E-state index < -0.39 is 0 Å². The van der Waals surface area contributed by atoms with E-state index in [2.05, 4.69) is 56.6 Å². The van der Waals surface area contributed by atoms with Crippen LogP contribution < -0.4 is 5.32 Å². The Kier molecular flexibility index (Phi) is 4.15. The van der Waals surface area contributed by atoms with Crippen LogP contribution in [0.15, 0.2) is 23.6 Å². The summed E-state index contributed by atoms with van der Waals surface area (Å²) < 4.78 is 0. The lowest BCUT2D eigenvalue weighted by Crippen LogP contribution is -2.21. The van der Waals surface area contributed by atoms with Gasteiger partial charge in [-0.05, 0) is 25.5 Å². The average Bonchev–Trinajstić information content (AvgIpc) is 2.78. The Bertz CT molecular complexity index is 529. The van der Waals surface area contributed by atoms with Crippen molar-refractivity contribution < 1.29 is 0 Å². The van der Waals surface area contributed by atoms with Crippen LogP contribution in [0.2, 0.25) is 0 Å². The lowest BCUT2D eigenvalue weighted by Gasteiger charge is -2.05. The molecular weight excluding hydrogens is 240 g/mol. The second-order valence-electron chi connectivity index (χ2n) is 4.98. The van der Waals surface area contributed by atoms with Gasteiger partial charge in [-0.15, -0.1) is 11.3 Å². The van der Waals surface area contributed by atoms with Crippen LogP contribution in [0.3, 0.4) is 0 Å². The summed E-state index contributed by atoms with van der Waals surface area (Å²) in [6.07, 6.45) is 0. The van der Waals surface area contributed by atoms with E-state index in [0.717, 1.165) is 17.2 Å². The second-order valence-corrected chi connectivity index (χ2v) is 5.92. The molecule has 0 spiro atoms. The highest BCUT2D eigenvalue weighted by molar-refractivity contribution is 7.09. The Hall–Kier alpha value is -1.19. The first-order valence-electron chi connectivity index (χ1n) is 6.31. The molecule has 2 nitrogen and oxygen atoms in total. The van der Waals surface area contributed by atoms with Gasteiger partial charge in [-0.3, -0.25) is 0 Å². The molecule has 1 N–H and O–H groups in total. The summed E-state index contributed by atoms with van der Waals surface area (Å²) in [5.74, 6) is 0. The molecule has 2 aromatic rings. The molecule has 0 radical (unpaired) electrons. The number of thiazole rings is 1. The van der Waals surface area contributed by atoms with Gasteiger partial charge in [0.25, 0.3) is 0 Å². The van der Waals surface area contributed by atoms with E-state index in [1.807, 2.05) is 0 Å². The van der Waals surface area contributed by atoms with Crippen LogP contribution >= 0.6 is 11.3 Å². The SMILES string of the molecule is Cc1ccc(C)c(-c2csc(CNC(C)C)n2)c1. The summed E-state index contributed by atoms with van der Waals surface area (Å²) >= 11 is 1.73. The maximum absolute atomic E-state index is 4.71. The molecule has 96 valence electrons. The molecule has 18 heavy (non-hydrogen) atoms. The molecule has 0 atom stereocenters. The summed E-state index contributed by atoms with van der Waals surface area (Å²) in [6, 6.07) is 7.02. The molecule has 0 unspecified atom stereocenters. The third-order valence-electron chi connectivity index (χ3n) is 2.88. The lowest BCUT2D eigenvalue weighted by atomic mass is 10.0. The molecule has 0 fully saturated rings. The fourth-order valence-corrected chi connectivity index (χ4v) is 2.56. The zero-order valence-corrected chi connectivity index (χ0v) is 12.3. The third-order valence-corrected chi connectivity index (χ3v) is 3.73. The number of nitrogens with zero attached hydrogens (tertiary/aromatic N) is 1. The van der Waals surface area contributed by atoms with Crippen LogP contribution in [0, 0.1) is 13.8 Å². The molecule has 0 aliphatic heterocycles. The predicted octanol–water partition coefficient (Wildman–Crippen LogP) is 3.92. The van der Waals surface area contributed by atoms with Gasteiger partial charge in [0.05, 0.1) is 5.69 Å². The minimum atomic E-state index is 0.498. The molecular formula is C15H20N2S. The van der Waals surface area contributed by atoms with Gasteiger partial charge in [0.1, 0.15) is 5.01 Å². The van der Waals surface area contributed by atoms with Gasteiger partial charge in [0.2, 0.25) is 0 Å². The molecule has 3 heteroatoms. The number of aryl methyl sites for hydroxylation is 2. The number of hydrogen-bond acceptors (Lipinski definition) is 3. The quantitative estimate of drug-likeness (QED) is 0.901. The number of rotatable bonds is 4. The highest BCUT2D eigenvalue weighted by atomic mass is 32.1. The highest BCUT2D eigenvalue weighted by Gasteiger charge is 2.07. The van der Waals surface area contributed by atoms with E-state index in [0.29, 0.717) is 6.04 Å². The predicted molar refractivity (Wildman–Crippen MR) is 79.0 cm³/mol. The summed E-state index contributed by atoms with van der Waals surface area (Å²) in [6.45, 7) is 9.42. The Labute approximate surface area is 113 Å². The molecule has 1 aromatic carbocycles. The Balaban J connectivity index is 2.21. The smallest absolute Gasteiger partial charge is 0.107 e. The second kappa shape index (κ2) is 5.63. The van der Waals surface area contributed by atoms with E-state index in [1.165, 1.54) is 16.7 Å². The maximum atomic E-state index is 4.71. The van der Waals surface area contributed by atoms with Crippen molar-refractivity contribution in [2.75, 3.05) is 0 Å². The molecule has 1 heterocycles. The van der Waals surface area contributed by atoms with Gasteiger partial charge in [0.15, 0.2) is 0 Å². The zero-order chi connectivity index (χ0) is 13.1. The summed E-state index contributed by atoms with van der Waals surface area (Å²) in [7, 11) is 0. The Morgan fingerprint density at radius 2 is 2.06 bits per heavy atom. The van der Waals surface area contributed by atoms with Crippen molar-refractivity contribution in [2.24, 2.45) is 0 Å². The van der Waals surface area contributed by atoms with E-state index >= 15 is 0 Å². The third kappa shape index (κ3) is 3.18. The number of nitrogens with one attached hydrogen (secondary N) is 1. The van der Waals surface area contributed by atoms with Crippen LogP contribution in [-0.2, 0) is 6.54 Å². The van der Waals surface area contributed by atoms with Crippen molar-refractivity contribution in [3.63, 3.8) is 0 Å². The summed E-state index contributed by atoms with van der Waals surface area (Å²) in [5.41, 5.74) is 4.92. The summed E-state index contributed by atoms with van der Waals surface area (Å²) in [4.78, 5) is 4.71. The monoisotopic (exact) mass is 260 g/mol. The van der Waals surface area contributed by atoms with Gasteiger partial charge in [-0.25, -0.2) is 4.98 Å². The maximum Gasteiger partial charge on any atom is 0.107 e. The van der Waals surface area contributed by atoms with Crippen LogP contribution in [0.1, 0.15) is 30.0 Å². The molecule has 0 aliphatic rings. The minimum absolute atomic E-state index is 0.498. The topological polar surface area (TPSA) is 24.9 Å². The standard InChI is InChI=1S/C15H20N2S/c1-10(2)16-8-15-17-14(9-18-15)13-7-11(3)5-6-12(13)4/h5-7,9-10,16H,8H2,1-4H3. The first-order chi connectivity index (χ1) is 8.56. The molecule has 0 amide bonds. The van der Waals surface area contributed by atoms with Crippen molar-refractivity contribution in [1.29, 1.82) is 0 Å². The average molecular weight is 260 g/mol. The minimum Gasteiger partial charge on any atom is -0.308 e. The molecule has 0 saturated carbocycles. The van der Waals surface area contributed by atoms with E-state index in [4.69, 9.17) is 4.98 Å². The van der Waals surface area contributed by atoms with Gasteiger partial charge >= 0.3 is 0 Å². The van der Waals surface area contributed by atoms with E-state index in [-0.39, 0.29) is 0 Å². The van der Waals surface area contributed by atoms with E-state index in [9.17, 15) is 0 Å². The van der Waals surface area contributed by atoms with E-state index in [1.54, 1.807) is 11.3 Å². The highest BCUT2D eigenvalue weighted by Crippen LogP contribution is 2.26. The van der Waals surface area contributed by atoms with Crippen LogP contribution in [0.5, 0.6) is 0 Å². The molecule has 0 saturated heterocycles. The summed E-state index contributed by atoms with van der Waals surface area (Å²) in [5, 5.41) is 6.70. The van der Waals surface area contributed by atoms with Crippen molar-refractivity contribution >= 4 is 11.3 Å². The van der Waals surface area contributed by atoms with Gasteiger partial charge < -0.3 is 5.32 Å². The van der Waals surface area contributed by atoms with Gasteiger partial charge in [0, 0.05) is 23.5 Å². The van der Waals surface area contributed by atoms with Gasteiger partial charge in [-0.1, -0.05) is 31.5 Å². The van der Waals surface area contributed by atoms with Crippen molar-refractivity contribution in [3.05, 3.63) is 39.7 Å². The number of hydrogen-bond donors (Lipinski definition) is 1. The molecule has 0 aliphatic carbocycles. The largest absolute Gasteiger partial charge is 0.308 e. The van der Waals surface area contributed by atoms with Crippen molar-refractivity contribution in [3.8, 4) is 11.3 Å². The molecule has 0 bridgehead atoms. The van der Waals surface area contributed by atoms with Crippen LogP contribution in [-0.4, -0.2) is 11.0 Å². The van der Waals surface area contributed by atoms with Gasteiger partial charge in [-0.2, -0.15) is 0 Å². The Morgan fingerprint density at radius 3 is 2.78 bits per heavy atom. The molecule has 1 aromatic heterocycles. The fourth-order valence-electron chi connectivity index (χ4n) is 1.82. The number of benzene rings is 1. The van der Waals surface area contributed by atoms with Crippen molar-refractivity contribution in [1.82, 2.24) is 10.3 Å². The first kappa shape index (κ1) is 13.2. The van der Waals surface area contributed by atoms with Crippen LogP contribution in [0.4, 0.5) is 0 Å². The molecule has 2 rings (SSSR count). The van der Waals surface area contributed by atoms with Crippen molar-refractivity contribution in [2.45, 2.75) is 40.3 Å². The number of aromatic nitrogens is 1. The lowest BCUT2D eigenvalue weighted by molar-refractivity contribution is 0.587. The Morgan fingerprint density at radius 1 is 1.28 bits per heavy atom. The normalized spacial score (nSPS) is 11.2.